The second-order valence-corrected chi connectivity index (χ2v) is 7.93. The zero-order chi connectivity index (χ0) is 24.4. The first-order chi connectivity index (χ1) is 16.3. The molecule has 1 N–H and O–H groups in total. The Morgan fingerprint density at radius 2 is 1.94 bits per heavy atom. The van der Waals surface area contributed by atoms with Gasteiger partial charge in [0.2, 0.25) is 6.79 Å². The minimum atomic E-state index is -0.489. The number of nitriles is 1. The number of benzene rings is 2. The number of nitrogens with zero attached hydrogens (tertiary/aromatic N) is 3. The number of nitrogens with one attached hydrogen (secondary N) is 1. The van der Waals surface area contributed by atoms with Gasteiger partial charge in [-0.05, 0) is 67.8 Å². The largest absolute Gasteiger partial charge is 0.454 e. The Bertz CT molecular complexity index is 1380. The van der Waals surface area contributed by atoms with Crippen LogP contribution in [0.2, 0.25) is 0 Å². The van der Waals surface area contributed by atoms with Crippen molar-refractivity contribution < 1.29 is 19.2 Å². The lowest BCUT2D eigenvalue weighted by molar-refractivity contribution is -0.384. The molecule has 0 fully saturated rings. The Morgan fingerprint density at radius 1 is 1.18 bits per heavy atom. The van der Waals surface area contributed by atoms with Gasteiger partial charge in [0.05, 0.1) is 4.92 Å². The van der Waals surface area contributed by atoms with Gasteiger partial charge in [-0.15, -0.1) is 0 Å². The van der Waals surface area contributed by atoms with Crippen LogP contribution >= 0.6 is 0 Å². The van der Waals surface area contributed by atoms with E-state index in [0.717, 1.165) is 28.2 Å². The fourth-order valence-corrected chi connectivity index (χ4v) is 3.94. The molecular weight excluding hydrogens is 436 g/mol. The molecule has 0 atom stereocenters. The van der Waals surface area contributed by atoms with Crippen LogP contribution in [0.5, 0.6) is 11.5 Å². The maximum absolute atomic E-state index is 12.7. The molecule has 0 aliphatic carbocycles. The van der Waals surface area contributed by atoms with Gasteiger partial charge in [-0.2, -0.15) is 5.26 Å². The van der Waals surface area contributed by atoms with Gasteiger partial charge < -0.3 is 19.4 Å². The van der Waals surface area contributed by atoms with Crippen LogP contribution in [0.4, 0.5) is 5.69 Å². The summed E-state index contributed by atoms with van der Waals surface area (Å²) in [6, 6.07) is 13.9. The van der Waals surface area contributed by atoms with Gasteiger partial charge in [0, 0.05) is 35.8 Å². The lowest BCUT2D eigenvalue weighted by atomic mass is 10.1. The molecule has 1 aliphatic heterocycles. The molecule has 1 aliphatic rings. The quantitative estimate of drug-likeness (QED) is 0.255. The molecule has 0 unspecified atom stereocenters. The van der Waals surface area contributed by atoms with Gasteiger partial charge in [-0.1, -0.05) is 6.07 Å². The molecule has 9 nitrogen and oxygen atoms in total. The predicted molar refractivity (Wildman–Crippen MR) is 125 cm³/mol. The highest BCUT2D eigenvalue weighted by Gasteiger charge is 2.17. The minimum Gasteiger partial charge on any atom is -0.454 e. The maximum Gasteiger partial charge on any atom is 0.269 e. The average Bonchev–Trinajstić information content (AvgIpc) is 3.39. The van der Waals surface area contributed by atoms with E-state index in [1.807, 2.05) is 36.6 Å². The highest BCUT2D eigenvalue weighted by atomic mass is 16.7. The Hall–Kier alpha value is -4.58. The van der Waals surface area contributed by atoms with Crippen molar-refractivity contribution in [2.24, 2.45) is 0 Å². The normalized spacial score (nSPS) is 12.4. The number of hydrogen-bond donors (Lipinski definition) is 1. The van der Waals surface area contributed by atoms with Crippen LogP contribution in [0, 0.1) is 42.2 Å². The number of amides is 1. The summed E-state index contributed by atoms with van der Waals surface area (Å²) in [4.78, 5) is 23.3. The van der Waals surface area contributed by atoms with Crippen LogP contribution in [-0.4, -0.2) is 22.2 Å². The fraction of sp³-hybridized carbons (Fsp3) is 0.200. The fourth-order valence-electron chi connectivity index (χ4n) is 3.94. The van der Waals surface area contributed by atoms with E-state index in [9.17, 15) is 20.2 Å². The molecule has 0 spiro atoms. The lowest BCUT2D eigenvalue weighted by Crippen LogP contribution is -2.23. The van der Waals surface area contributed by atoms with Gasteiger partial charge in [0.25, 0.3) is 11.6 Å². The smallest absolute Gasteiger partial charge is 0.269 e. The number of carbonyl (C=O) groups excluding carboxylic acids is 1. The van der Waals surface area contributed by atoms with Crippen LogP contribution in [0.25, 0.3) is 11.8 Å². The topological polar surface area (TPSA) is 119 Å². The van der Waals surface area contributed by atoms with E-state index in [4.69, 9.17) is 9.47 Å². The maximum atomic E-state index is 12.7. The molecule has 0 saturated heterocycles. The molecule has 34 heavy (non-hydrogen) atoms. The van der Waals surface area contributed by atoms with Gasteiger partial charge in [-0.25, -0.2) is 0 Å². The van der Waals surface area contributed by atoms with Gasteiger partial charge in [0.15, 0.2) is 11.5 Å². The van der Waals surface area contributed by atoms with Crippen LogP contribution in [0.3, 0.4) is 0 Å². The van der Waals surface area contributed by atoms with Gasteiger partial charge >= 0.3 is 0 Å². The first-order valence-corrected chi connectivity index (χ1v) is 10.5. The van der Waals surface area contributed by atoms with Crippen LogP contribution in [-0.2, 0) is 11.3 Å². The predicted octanol–water partition coefficient (Wildman–Crippen LogP) is 4.26. The highest BCUT2D eigenvalue weighted by Crippen LogP contribution is 2.32. The van der Waals surface area contributed by atoms with Crippen LogP contribution in [0.15, 0.2) is 48.0 Å². The number of aryl methyl sites for hydroxylation is 2. The molecule has 2 heterocycles. The van der Waals surface area contributed by atoms with Crippen molar-refractivity contribution in [3.8, 4) is 23.3 Å². The van der Waals surface area contributed by atoms with Crippen LogP contribution in [0.1, 0.15) is 28.1 Å². The van der Waals surface area contributed by atoms with E-state index in [1.165, 1.54) is 12.1 Å². The number of carbonyl (C=O) groups is 1. The molecule has 172 valence electrons. The van der Waals surface area contributed by atoms with Crippen molar-refractivity contribution in [1.82, 2.24) is 9.88 Å². The van der Waals surface area contributed by atoms with E-state index in [0.29, 0.717) is 17.1 Å². The SMILES string of the molecule is Cc1cc([N+](=O)[O-])ccc1-n1c(C)cc(/C=C(\C#N)C(=O)NCc2ccc3c(c2)OCO3)c1C. The van der Waals surface area contributed by atoms with Gasteiger partial charge in [0.1, 0.15) is 11.6 Å². The van der Waals surface area contributed by atoms with Crippen molar-refractivity contribution in [2.45, 2.75) is 27.3 Å². The standard InChI is InChI=1S/C25H22N4O5/c1-15-8-21(29(31)32)5-6-22(15)28-16(2)9-19(17(28)3)11-20(12-26)25(30)27-13-18-4-7-23-24(10-18)34-14-33-23/h4-11H,13-14H2,1-3H3,(H,27,30)/b20-11+. The zero-order valence-corrected chi connectivity index (χ0v) is 18.9. The molecule has 0 saturated carbocycles. The molecule has 0 radical (unpaired) electrons. The van der Waals surface area contributed by atoms with E-state index in [1.54, 1.807) is 31.2 Å². The summed E-state index contributed by atoms with van der Waals surface area (Å²) in [6.07, 6.45) is 1.55. The minimum absolute atomic E-state index is 0.0229. The van der Waals surface area contributed by atoms with Crippen molar-refractivity contribution in [3.63, 3.8) is 0 Å². The van der Waals surface area contributed by atoms with Crippen LogP contribution < -0.4 is 14.8 Å². The third-order valence-corrected chi connectivity index (χ3v) is 5.66. The number of rotatable bonds is 6. The summed E-state index contributed by atoms with van der Waals surface area (Å²) < 4.78 is 12.6. The number of non-ortho nitro benzene ring substituents is 1. The van der Waals surface area contributed by atoms with E-state index < -0.39 is 10.8 Å². The number of nitro groups is 1. The first kappa shape index (κ1) is 22.6. The summed E-state index contributed by atoms with van der Waals surface area (Å²) in [5.74, 6) is 0.791. The molecule has 4 rings (SSSR count). The molecule has 1 aromatic heterocycles. The van der Waals surface area contributed by atoms with E-state index in [2.05, 4.69) is 5.32 Å². The molecule has 2 aromatic carbocycles. The highest BCUT2D eigenvalue weighted by molar-refractivity contribution is 6.01. The monoisotopic (exact) mass is 458 g/mol. The summed E-state index contributed by atoms with van der Waals surface area (Å²) in [6.45, 7) is 5.98. The summed E-state index contributed by atoms with van der Waals surface area (Å²) in [7, 11) is 0. The number of hydrogen-bond acceptors (Lipinski definition) is 6. The van der Waals surface area contributed by atoms with Crippen molar-refractivity contribution in [2.75, 3.05) is 6.79 Å². The third-order valence-electron chi connectivity index (χ3n) is 5.66. The van der Waals surface area contributed by atoms with Crippen molar-refractivity contribution in [1.29, 1.82) is 5.26 Å². The Balaban J connectivity index is 1.56. The van der Waals surface area contributed by atoms with E-state index in [-0.39, 0.29) is 24.6 Å². The number of nitro benzene ring substituents is 1. The second-order valence-electron chi connectivity index (χ2n) is 7.93. The average molecular weight is 458 g/mol. The van der Waals surface area contributed by atoms with E-state index >= 15 is 0 Å². The Kier molecular flexibility index (Phi) is 6.06. The Morgan fingerprint density at radius 3 is 2.65 bits per heavy atom. The summed E-state index contributed by atoms with van der Waals surface area (Å²) >= 11 is 0. The van der Waals surface area contributed by atoms with Gasteiger partial charge in [-0.3, -0.25) is 14.9 Å². The zero-order valence-electron chi connectivity index (χ0n) is 18.9. The molecular formula is C25H22N4O5. The molecule has 1 amide bonds. The first-order valence-electron chi connectivity index (χ1n) is 10.5. The number of fused-ring (bicyclic) bond motifs is 1. The lowest BCUT2D eigenvalue weighted by Gasteiger charge is -2.12. The summed E-state index contributed by atoms with van der Waals surface area (Å²) in [5, 5.41) is 23.4. The van der Waals surface area contributed by atoms with Crippen molar-refractivity contribution in [3.05, 3.63) is 86.2 Å². The molecule has 9 heteroatoms. The molecule has 0 bridgehead atoms. The third kappa shape index (κ3) is 4.34. The summed E-state index contributed by atoms with van der Waals surface area (Å²) in [5.41, 5.74) is 4.76. The second kappa shape index (κ2) is 9.11. The van der Waals surface area contributed by atoms with Crippen molar-refractivity contribution >= 4 is 17.7 Å². The number of aromatic nitrogens is 1. The Labute approximate surface area is 196 Å². The number of ether oxygens (including phenoxy) is 2. The molecule has 3 aromatic rings.